The van der Waals surface area contributed by atoms with Gasteiger partial charge in [0.2, 0.25) is 5.91 Å². The van der Waals surface area contributed by atoms with Crippen LogP contribution in [0.5, 0.6) is 11.5 Å². The molecule has 120 valence electrons. The van der Waals surface area contributed by atoms with Gasteiger partial charge in [0.05, 0.1) is 6.42 Å². The second-order valence-corrected chi connectivity index (χ2v) is 5.74. The van der Waals surface area contributed by atoms with Crippen LogP contribution in [-0.2, 0) is 16.0 Å². The lowest BCUT2D eigenvalue weighted by molar-refractivity contribution is -0.142. The van der Waals surface area contributed by atoms with Crippen molar-refractivity contribution in [3.05, 3.63) is 23.8 Å². The number of benzene rings is 1. The molecular formula is C16H21NO5. The summed E-state index contributed by atoms with van der Waals surface area (Å²) < 4.78 is 10.9. The molecule has 1 atom stereocenters. The third-order valence-corrected chi connectivity index (χ3v) is 3.31. The maximum absolute atomic E-state index is 12.0. The summed E-state index contributed by atoms with van der Waals surface area (Å²) in [5, 5.41) is 11.7. The van der Waals surface area contributed by atoms with Gasteiger partial charge in [0.15, 0.2) is 11.5 Å². The summed E-state index contributed by atoms with van der Waals surface area (Å²) in [5.41, 5.74) is 0.760. The summed E-state index contributed by atoms with van der Waals surface area (Å²) >= 11 is 0. The van der Waals surface area contributed by atoms with Crippen molar-refractivity contribution >= 4 is 11.9 Å². The smallest absolute Gasteiger partial charge is 0.326 e. The van der Waals surface area contributed by atoms with E-state index in [1.54, 1.807) is 18.2 Å². The molecule has 1 aliphatic rings. The standard InChI is InChI=1S/C16H21NO5/c1-10(2)7-12(16(19)20)17-15(18)9-11-3-4-13-14(8-11)22-6-5-21-13/h3-4,8,10,12H,5-7,9H2,1-2H3,(H,17,18)(H,19,20). The van der Waals surface area contributed by atoms with Crippen LogP contribution in [-0.4, -0.2) is 36.2 Å². The van der Waals surface area contributed by atoms with Crippen molar-refractivity contribution in [3.63, 3.8) is 0 Å². The van der Waals surface area contributed by atoms with Gasteiger partial charge >= 0.3 is 5.97 Å². The van der Waals surface area contributed by atoms with E-state index < -0.39 is 12.0 Å². The van der Waals surface area contributed by atoms with Crippen molar-refractivity contribution in [2.75, 3.05) is 13.2 Å². The number of amides is 1. The van der Waals surface area contributed by atoms with Crippen molar-refractivity contribution in [1.29, 1.82) is 0 Å². The highest BCUT2D eigenvalue weighted by Crippen LogP contribution is 2.30. The summed E-state index contributed by atoms with van der Waals surface area (Å²) in [5.74, 6) is 0.150. The SMILES string of the molecule is CC(C)CC(NC(=O)Cc1ccc2c(c1)OCCO2)C(=O)O. The highest BCUT2D eigenvalue weighted by atomic mass is 16.6. The van der Waals surface area contributed by atoms with Gasteiger partial charge in [0, 0.05) is 0 Å². The van der Waals surface area contributed by atoms with E-state index in [4.69, 9.17) is 14.6 Å². The monoisotopic (exact) mass is 307 g/mol. The van der Waals surface area contributed by atoms with Crippen LogP contribution in [0.3, 0.4) is 0 Å². The maximum Gasteiger partial charge on any atom is 0.326 e. The quantitative estimate of drug-likeness (QED) is 0.834. The lowest BCUT2D eigenvalue weighted by atomic mass is 10.0. The minimum Gasteiger partial charge on any atom is -0.486 e. The number of hydrogen-bond donors (Lipinski definition) is 2. The highest BCUT2D eigenvalue weighted by Gasteiger charge is 2.21. The first-order valence-electron chi connectivity index (χ1n) is 7.36. The number of aliphatic carboxylic acids is 1. The summed E-state index contributed by atoms with van der Waals surface area (Å²) in [6.45, 7) is 4.84. The van der Waals surface area contributed by atoms with Crippen molar-refractivity contribution in [3.8, 4) is 11.5 Å². The summed E-state index contributed by atoms with van der Waals surface area (Å²) in [6, 6.07) is 4.45. The summed E-state index contributed by atoms with van der Waals surface area (Å²) in [7, 11) is 0. The molecule has 0 aliphatic carbocycles. The Hall–Kier alpha value is -2.24. The molecule has 0 spiro atoms. The van der Waals surface area contributed by atoms with Gasteiger partial charge in [-0.1, -0.05) is 19.9 Å². The highest BCUT2D eigenvalue weighted by molar-refractivity contribution is 5.85. The number of carbonyl (C=O) groups is 2. The molecule has 0 bridgehead atoms. The molecule has 6 heteroatoms. The number of fused-ring (bicyclic) bond motifs is 1. The number of rotatable bonds is 6. The van der Waals surface area contributed by atoms with E-state index in [0.29, 0.717) is 31.1 Å². The van der Waals surface area contributed by atoms with E-state index >= 15 is 0 Å². The van der Waals surface area contributed by atoms with E-state index in [1.165, 1.54) is 0 Å². The molecule has 0 saturated carbocycles. The van der Waals surface area contributed by atoms with Crippen molar-refractivity contribution in [2.24, 2.45) is 5.92 Å². The molecular weight excluding hydrogens is 286 g/mol. The predicted octanol–water partition coefficient (Wildman–Crippen LogP) is 1.62. The van der Waals surface area contributed by atoms with E-state index in [-0.39, 0.29) is 18.2 Å². The van der Waals surface area contributed by atoms with Crippen LogP contribution in [0.4, 0.5) is 0 Å². The Bertz CT molecular complexity index is 555. The maximum atomic E-state index is 12.0. The second kappa shape index (κ2) is 7.15. The van der Waals surface area contributed by atoms with Gasteiger partial charge in [-0.3, -0.25) is 4.79 Å². The van der Waals surface area contributed by atoms with Gasteiger partial charge in [-0.15, -0.1) is 0 Å². The third kappa shape index (κ3) is 4.38. The average molecular weight is 307 g/mol. The molecule has 0 saturated heterocycles. The minimum absolute atomic E-state index is 0.110. The molecule has 1 heterocycles. The van der Waals surface area contributed by atoms with Crippen LogP contribution in [0.15, 0.2) is 18.2 Å². The number of carboxylic acid groups (broad SMARTS) is 1. The number of ether oxygens (including phenoxy) is 2. The molecule has 1 aliphatic heterocycles. The molecule has 1 unspecified atom stereocenters. The number of hydrogen-bond acceptors (Lipinski definition) is 4. The van der Waals surface area contributed by atoms with Crippen LogP contribution >= 0.6 is 0 Å². The first-order chi connectivity index (χ1) is 10.5. The van der Waals surface area contributed by atoms with Gasteiger partial charge in [-0.2, -0.15) is 0 Å². The van der Waals surface area contributed by atoms with Crippen LogP contribution in [0, 0.1) is 5.92 Å². The summed E-state index contributed by atoms with van der Waals surface area (Å²) in [4.78, 5) is 23.2. The predicted molar refractivity (Wildman–Crippen MR) is 80.2 cm³/mol. The van der Waals surface area contributed by atoms with Gasteiger partial charge in [-0.25, -0.2) is 4.79 Å². The third-order valence-electron chi connectivity index (χ3n) is 3.31. The van der Waals surface area contributed by atoms with Crippen LogP contribution in [0.2, 0.25) is 0 Å². The van der Waals surface area contributed by atoms with Crippen LogP contribution < -0.4 is 14.8 Å². The molecule has 0 aromatic heterocycles. The Balaban J connectivity index is 1.97. The second-order valence-electron chi connectivity index (χ2n) is 5.74. The fourth-order valence-corrected chi connectivity index (χ4v) is 2.32. The molecule has 1 aromatic carbocycles. The lowest BCUT2D eigenvalue weighted by Crippen LogP contribution is -2.42. The van der Waals surface area contributed by atoms with Crippen LogP contribution in [0.1, 0.15) is 25.8 Å². The molecule has 6 nitrogen and oxygen atoms in total. The molecule has 22 heavy (non-hydrogen) atoms. The zero-order chi connectivity index (χ0) is 16.1. The molecule has 2 rings (SSSR count). The zero-order valence-corrected chi connectivity index (χ0v) is 12.8. The van der Waals surface area contributed by atoms with E-state index in [9.17, 15) is 9.59 Å². The average Bonchev–Trinajstić information content (AvgIpc) is 2.45. The van der Waals surface area contributed by atoms with Crippen molar-refractivity contribution in [1.82, 2.24) is 5.32 Å². The minimum atomic E-state index is -1.01. The van der Waals surface area contributed by atoms with Gasteiger partial charge in [-0.05, 0) is 30.0 Å². The number of carboxylic acids is 1. The molecule has 1 aromatic rings. The summed E-state index contributed by atoms with van der Waals surface area (Å²) in [6.07, 6.45) is 0.515. The topological polar surface area (TPSA) is 84.9 Å². The van der Waals surface area contributed by atoms with Gasteiger partial charge < -0.3 is 19.9 Å². The Morgan fingerprint density at radius 1 is 1.23 bits per heavy atom. The van der Waals surface area contributed by atoms with Gasteiger partial charge in [0.1, 0.15) is 19.3 Å². The molecule has 2 N–H and O–H groups in total. The van der Waals surface area contributed by atoms with E-state index in [0.717, 1.165) is 5.56 Å². The largest absolute Gasteiger partial charge is 0.486 e. The molecule has 1 amide bonds. The number of carbonyl (C=O) groups excluding carboxylic acids is 1. The van der Waals surface area contributed by atoms with Gasteiger partial charge in [0.25, 0.3) is 0 Å². The Labute approximate surface area is 129 Å². The molecule has 0 radical (unpaired) electrons. The lowest BCUT2D eigenvalue weighted by Gasteiger charge is -2.19. The molecule has 0 fully saturated rings. The zero-order valence-electron chi connectivity index (χ0n) is 12.8. The Morgan fingerprint density at radius 3 is 2.55 bits per heavy atom. The van der Waals surface area contributed by atoms with E-state index in [2.05, 4.69) is 5.32 Å². The number of nitrogens with one attached hydrogen (secondary N) is 1. The van der Waals surface area contributed by atoms with E-state index in [1.807, 2.05) is 13.8 Å². The Kier molecular flexibility index (Phi) is 5.25. The van der Waals surface area contributed by atoms with Crippen molar-refractivity contribution < 1.29 is 24.2 Å². The first kappa shape index (κ1) is 16.1. The first-order valence-corrected chi connectivity index (χ1v) is 7.36. The Morgan fingerprint density at radius 2 is 1.91 bits per heavy atom. The van der Waals surface area contributed by atoms with Crippen LogP contribution in [0.25, 0.3) is 0 Å². The van der Waals surface area contributed by atoms with Crippen molar-refractivity contribution in [2.45, 2.75) is 32.7 Å². The fraction of sp³-hybridized carbons (Fsp3) is 0.500. The fourth-order valence-electron chi connectivity index (χ4n) is 2.32. The normalized spacial score (nSPS) is 14.5.